The lowest BCUT2D eigenvalue weighted by Gasteiger charge is -2.38. The minimum Gasteiger partial charge on any atom is -0.291 e. The van der Waals surface area contributed by atoms with Crippen LogP contribution in [0.4, 0.5) is 0 Å². The van der Waals surface area contributed by atoms with Crippen LogP contribution in [-0.4, -0.2) is 51.3 Å². The maximum absolute atomic E-state index is 3.96. The molecule has 0 aromatic heterocycles. The Kier molecular flexibility index (Phi) is 9.98. The van der Waals surface area contributed by atoms with Crippen LogP contribution in [0.25, 0.3) is 0 Å². The fourth-order valence-electron chi connectivity index (χ4n) is 2.29. The van der Waals surface area contributed by atoms with Gasteiger partial charge >= 0.3 is 0 Å². The molecule has 3 heteroatoms. The van der Waals surface area contributed by atoms with E-state index in [0.717, 1.165) is 0 Å². The van der Waals surface area contributed by atoms with E-state index in [1.165, 1.54) is 39.0 Å². The zero-order valence-electron chi connectivity index (χ0n) is 11.7. The van der Waals surface area contributed by atoms with Gasteiger partial charge in [0.05, 0.1) is 9.52 Å². The van der Waals surface area contributed by atoms with Crippen LogP contribution in [0.1, 0.15) is 40.5 Å². The van der Waals surface area contributed by atoms with E-state index in [1.807, 2.05) is 0 Å². The molecule has 96 valence electrons. The fraction of sp³-hybridized carbons (Fsp3) is 0.846. The molecule has 0 aliphatic heterocycles. The van der Waals surface area contributed by atoms with Crippen molar-refractivity contribution in [3.8, 4) is 0 Å². The summed E-state index contributed by atoms with van der Waals surface area (Å²) >= 11 is 0. The monoisotopic (exact) mass is 242 g/mol. The van der Waals surface area contributed by atoms with Crippen LogP contribution in [-0.2, 0) is 0 Å². The van der Waals surface area contributed by atoms with E-state index in [1.54, 1.807) is 0 Å². The predicted octanol–water partition coefficient (Wildman–Crippen LogP) is 2.05. The molecular formula is C13H30N2Si. The molecule has 2 nitrogen and oxygen atoms in total. The molecule has 0 spiro atoms. The van der Waals surface area contributed by atoms with Gasteiger partial charge in [-0.3, -0.25) is 9.80 Å². The normalized spacial score (nSPS) is 12.4. The highest BCUT2D eigenvalue weighted by atomic mass is 28.2. The van der Waals surface area contributed by atoms with Gasteiger partial charge in [0.25, 0.3) is 0 Å². The Hall–Kier alpha value is -0.123. The van der Waals surface area contributed by atoms with E-state index in [0.29, 0.717) is 5.79 Å². The van der Waals surface area contributed by atoms with Gasteiger partial charge in [-0.05, 0) is 39.0 Å². The SMILES string of the molecule is C=C[SiH2]C(N(CC)CCC)N(CC)CCC. The topological polar surface area (TPSA) is 6.48 Å². The van der Waals surface area contributed by atoms with Crippen LogP contribution in [0.5, 0.6) is 0 Å². The van der Waals surface area contributed by atoms with Crippen molar-refractivity contribution in [1.82, 2.24) is 9.80 Å². The first kappa shape index (κ1) is 15.9. The van der Waals surface area contributed by atoms with E-state index in [-0.39, 0.29) is 9.52 Å². The van der Waals surface area contributed by atoms with E-state index in [4.69, 9.17) is 0 Å². The van der Waals surface area contributed by atoms with E-state index in [2.05, 4.69) is 49.8 Å². The van der Waals surface area contributed by atoms with Gasteiger partial charge in [-0.2, -0.15) is 0 Å². The molecule has 0 saturated heterocycles. The first-order valence-corrected chi connectivity index (χ1v) is 8.47. The number of rotatable bonds is 10. The maximum Gasteiger partial charge on any atom is 0.0823 e. The van der Waals surface area contributed by atoms with Gasteiger partial charge in [0.1, 0.15) is 0 Å². The van der Waals surface area contributed by atoms with Crippen molar-refractivity contribution in [2.45, 2.75) is 46.3 Å². The summed E-state index contributed by atoms with van der Waals surface area (Å²) in [6.07, 6.45) is 2.50. The Balaban J connectivity index is 4.56. The molecule has 0 saturated carbocycles. The van der Waals surface area contributed by atoms with Gasteiger partial charge in [0.2, 0.25) is 0 Å². The van der Waals surface area contributed by atoms with Gasteiger partial charge in [-0.25, -0.2) is 0 Å². The zero-order chi connectivity index (χ0) is 12.4. The van der Waals surface area contributed by atoms with Gasteiger partial charge in [0, 0.05) is 5.79 Å². The first-order valence-electron chi connectivity index (χ1n) is 6.83. The lowest BCUT2D eigenvalue weighted by Crippen LogP contribution is -2.52. The van der Waals surface area contributed by atoms with E-state index in [9.17, 15) is 0 Å². The fourth-order valence-corrected chi connectivity index (χ4v) is 4.06. The lowest BCUT2D eigenvalue weighted by atomic mass is 10.4. The molecule has 0 fully saturated rings. The minimum atomic E-state index is -0.206. The van der Waals surface area contributed by atoms with Crippen molar-refractivity contribution < 1.29 is 0 Å². The van der Waals surface area contributed by atoms with Crippen molar-refractivity contribution >= 4 is 9.52 Å². The Morgan fingerprint density at radius 1 is 1.00 bits per heavy atom. The second kappa shape index (κ2) is 10.1. The molecule has 0 bridgehead atoms. The summed E-state index contributed by atoms with van der Waals surface area (Å²) in [5, 5.41) is 0. The summed E-state index contributed by atoms with van der Waals surface area (Å²) in [6.45, 7) is 17.8. The highest BCUT2D eigenvalue weighted by molar-refractivity contribution is 6.43. The molecule has 0 heterocycles. The highest BCUT2D eigenvalue weighted by Gasteiger charge is 2.20. The maximum atomic E-state index is 3.96. The third-order valence-electron chi connectivity index (χ3n) is 3.05. The number of hydrogen-bond donors (Lipinski definition) is 0. The van der Waals surface area contributed by atoms with Crippen LogP contribution in [0, 0.1) is 0 Å². The van der Waals surface area contributed by atoms with Crippen LogP contribution >= 0.6 is 0 Å². The van der Waals surface area contributed by atoms with Gasteiger partial charge in [-0.1, -0.05) is 27.7 Å². The number of hydrogen-bond acceptors (Lipinski definition) is 2. The lowest BCUT2D eigenvalue weighted by molar-refractivity contribution is 0.106. The quantitative estimate of drug-likeness (QED) is 0.427. The van der Waals surface area contributed by atoms with Crippen LogP contribution in [0.15, 0.2) is 12.3 Å². The van der Waals surface area contributed by atoms with Crippen molar-refractivity contribution in [2.24, 2.45) is 0 Å². The van der Waals surface area contributed by atoms with Crippen LogP contribution in [0.2, 0.25) is 0 Å². The average Bonchev–Trinajstić information content (AvgIpc) is 2.31. The summed E-state index contributed by atoms with van der Waals surface area (Å²) in [4.78, 5) is 5.26. The molecule has 0 rings (SSSR count). The molecule has 0 atom stereocenters. The van der Waals surface area contributed by atoms with Crippen molar-refractivity contribution in [3.63, 3.8) is 0 Å². The second-order valence-electron chi connectivity index (χ2n) is 4.26. The molecular weight excluding hydrogens is 212 g/mol. The Morgan fingerprint density at radius 3 is 1.69 bits per heavy atom. The Morgan fingerprint density at radius 2 is 1.44 bits per heavy atom. The summed E-state index contributed by atoms with van der Waals surface area (Å²) in [5.74, 6) is 0.687. The molecule has 0 N–H and O–H groups in total. The summed E-state index contributed by atoms with van der Waals surface area (Å²) in [6, 6.07) is 0. The first-order chi connectivity index (χ1) is 7.74. The third-order valence-corrected chi connectivity index (χ3v) is 4.84. The van der Waals surface area contributed by atoms with Crippen LogP contribution < -0.4 is 0 Å². The van der Waals surface area contributed by atoms with Crippen LogP contribution in [0.3, 0.4) is 0 Å². The Labute approximate surface area is 105 Å². The average molecular weight is 242 g/mol. The predicted molar refractivity (Wildman–Crippen MR) is 77.6 cm³/mol. The summed E-state index contributed by atoms with van der Waals surface area (Å²) in [7, 11) is -0.206. The molecule has 0 aromatic carbocycles. The highest BCUT2D eigenvalue weighted by Crippen LogP contribution is 2.07. The van der Waals surface area contributed by atoms with Gasteiger partial charge < -0.3 is 0 Å². The molecule has 0 radical (unpaired) electrons. The summed E-state index contributed by atoms with van der Waals surface area (Å²) < 4.78 is 0. The van der Waals surface area contributed by atoms with Gasteiger partial charge in [0.15, 0.2) is 0 Å². The molecule has 0 aliphatic rings. The van der Waals surface area contributed by atoms with E-state index >= 15 is 0 Å². The van der Waals surface area contributed by atoms with Crippen molar-refractivity contribution in [3.05, 3.63) is 12.3 Å². The van der Waals surface area contributed by atoms with Gasteiger partial charge in [-0.15, -0.1) is 12.3 Å². The van der Waals surface area contributed by atoms with Crippen molar-refractivity contribution in [2.75, 3.05) is 26.2 Å². The van der Waals surface area contributed by atoms with Crippen molar-refractivity contribution in [1.29, 1.82) is 0 Å². The summed E-state index contributed by atoms with van der Waals surface area (Å²) in [5.41, 5.74) is 2.20. The molecule has 0 aliphatic carbocycles. The standard InChI is InChI=1S/C13H30N2Si/c1-6-11-14(8-3)13(16-10-5)15(9-4)12-7-2/h10,13H,5-9,11-12,16H2,1-4H3. The zero-order valence-corrected chi connectivity index (χ0v) is 13.1. The molecule has 16 heavy (non-hydrogen) atoms. The Bertz CT molecular complexity index is 159. The molecule has 0 amide bonds. The van der Waals surface area contributed by atoms with E-state index < -0.39 is 0 Å². The molecule has 0 aromatic rings. The number of nitrogens with zero attached hydrogens (tertiary/aromatic N) is 2. The molecule has 0 unspecified atom stereocenters. The smallest absolute Gasteiger partial charge is 0.0823 e. The largest absolute Gasteiger partial charge is 0.291 e. The second-order valence-corrected chi connectivity index (χ2v) is 6.04. The third kappa shape index (κ3) is 5.28. The minimum absolute atomic E-state index is 0.206.